The average molecular weight is 571 g/mol. The molecule has 1 atom stereocenters. The number of carbonyl (C=O) groups is 1. The van der Waals surface area contributed by atoms with Crippen molar-refractivity contribution in [1.82, 2.24) is 14.8 Å². The molecule has 4 aromatic rings. The molecule has 1 aliphatic heterocycles. The van der Waals surface area contributed by atoms with Gasteiger partial charge in [-0.25, -0.2) is 0 Å². The number of nitrogens with one attached hydrogen (secondary N) is 3. The van der Waals surface area contributed by atoms with E-state index in [-0.39, 0.29) is 70.5 Å². The molecule has 5 rings (SSSR count). The summed E-state index contributed by atoms with van der Waals surface area (Å²) in [6.07, 6.45) is 0.585. The second-order valence-electron chi connectivity index (χ2n) is 8.80. The molecule has 1 unspecified atom stereocenters. The van der Waals surface area contributed by atoms with Gasteiger partial charge in [0.1, 0.15) is 5.75 Å². The molecule has 0 amide bonds. The predicted molar refractivity (Wildman–Crippen MR) is 145 cm³/mol. The Bertz CT molecular complexity index is 1490. The molecule has 0 aliphatic carbocycles. The number of ether oxygens (including phenoxy) is 1. The molecule has 1 aliphatic rings. The molecule has 3 aromatic carbocycles. The number of aromatic nitrogens is 3. The van der Waals surface area contributed by atoms with Gasteiger partial charge in [0.2, 0.25) is 0 Å². The summed E-state index contributed by atoms with van der Waals surface area (Å²) in [6.45, 7) is 2.91. The molecule has 0 spiro atoms. The van der Waals surface area contributed by atoms with Crippen molar-refractivity contribution in [2.24, 2.45) is 5.92 Å². The minimum absolute atomic E-state index is 0. The van der Waals surface area contributed by atoms with Crippen LogP contribution in [0.5, 0.6) is 5.75 Å². The maximum atomic E-state index is 11.3. The molecule has 1 radical (unpaired) electrons. The van der Waals surface area contributed by atoms with Crippen LogP contribution in [0.3, 0.4) is 0 Å². The molecular formula is C27H25KN5O3S2. The van der Waals surface area contributed by atoms with Gasteiger partial charge in [-0.1, -0.05) is 36.4 Å². The average Bonchev–Trinajstić information content (AvgIpc) is 3.22. The summed E-state index contributed by atoms with van der Waals surface area (Å²) in [5.41, 5.74) is 4.92. The zero-order valence-electron chi connectivity index (χ0n) is 20.8. The monoisotopic (exact) mass is 570 g/mol. The Morgan fingerprint density at radius 2 is 1.79 bits per heavy atom. The third-order valence-corrected chi connectivity index (χ3v) is 6.73. The standard InChI is InChI=1S/C27H26N5O3S2.K/c33-25(34)12-19-11-20-13-23(9-10-24(20)31(16-19)15-18-5-2-1-3-6-18)35-17-28-21-7-4-8-22(14-21)32-26(36)29-30-27(32)37;/h1-10,13-14,16,19,28H,11-12,15,17H2,(H,29,36)(H,30,37)(H,33,34);/q;+1/p-1. The van der Waals surface area contributed by atoms with Crippen LogP contribution >= 0.6 is 24.4 Å². The largest absolute Gasteiger partial charge is 1.00 e. The predicted octanol–water partition coefficient (Wildman–Crippen LogP) is 1.53. The van der Waals surface area contributed by atoms with Gasteiger partial charge in [0.25, 0.3) is 0 Å². The first-order valence-corrected chi connectivity index (χ1v) is 12.6. The zero-order chi connectivity index (χ0) is 25.8. The number of carboxylic acid groups (broad SMARTS) is 1. The molecule has 0 saturated heterocycles. The van der Waals surface area contributed by atoms with Gasteiger partial charge in [-0.15, -0.1) is 0 Å². The Morgan fingerprint density at radius 1 is 1.03 bits per heavy atom. The Morgan fingerprint density at radius 3 is 2.53 bits per heavy atom. The number of fused-ring (bicyclic) bond motifs is 1. The quantitative estimate of drug-likeness (QED) is 0.159. The third-order valence-electron chi connectivity index (χ3n) is 6.16. The second-order valence-corrected chi connectivity index (χ2v) is 9.58. The topological polar surface area (TPSA) is 101 Å². The van der Waals surface area contributed by atoms with Gasteiger partial charge in [0.05, 0.1) is 12.2 Å². The van der Waals surface area contributed by atoms with E-state index in [1.807, 2.05) is 67.2 Å². The molecule has 2 heterocycles. The van der Waals surface area contributed by atoms with Crippen molar-refractivity contribution in [1.29, 1.82) is 0 Å². The SMILES string of the molecule is O=C([O-])CC1[CH]N(Cc2ccccc2)c2ccc(OCNc3cccc(-n4c(=S)[nH][nH]c4=S)c3)cc2C1.[K+]. The van der Waals surface area contributed by atoms with Gasteiger partial charge in [-0.05, 0) is 90.7 Å². The number of nitrogens with zero attached hydrogens (tertiary/aromatic N) is 2. The van der Waals surface area contributed by atoms with Crippen molar-refractivity contribution in [2.45, 2.75) is 19.4 Å². The summed E-state index contributed by atoms with van der Waals surface area (Å²) in [4.78, 5) is 13.4. The summed E-state index contributed by atoms with van der Waals surface area (Å²) in [5.74, 6) is -0.499. The maximum absolute atomic E-state index is 11.3. The van der Waals surface area contributed by atoms with Crippen molar-refractivity contribution in [3.8, 4) is 11.4 Å². The van der Waals surface area contributed by atoms with Gasteiger partial charge in [0, 0.05) is 23.9 Å². The molecule has 8 nitrogen and oxygen atoms in total. The van der Waals surface area contributed by atoms with E-state index in [2.05, 4.69) is 32.5 Å². The van der Waals surface area contributed by atoms with Crippen molar-refractivity contribution in [3.63, 3.8) is 0 Å². The summed E-state index contributed by atoms with van der Waals surface area (Å²) in [7, 11) is 0. The van der Waals surface area contributed by atoms with Crippen LogP contribution in [0.2, 0.25) is 0 Å². The van der Waals surface area contributed by atoms with Crippen LogP contribution in [-0.4, -0.2) is 27.5 Å². The molecule has 189 valence electrons. The van der Waals surface area contributed by atoms with Crippen LogP contribution in [0.4, 0.5) is 11.4 Å². The van der Waals surface area contributed by atoms with E-state index in [1.165, 1.54) is 0 Å². The van der Waals surface area contributed by atoms with E-state index in [9.17, 15) is 9.90 Å². The molecule has 1 aromatic heterocycles. The number of hydrogen-bond acceptors (Lipinski definition) is 7. The van der Waals surface area contributed by atoms with Gasteiger partial charge in [0.15, 0.2) is 16.3 Å². The second kappa shape index (κ2) is 13.2. The number of hydrogen-bond donors (Lipinski definition) is 3. The van der Waals surface area contributed by atoms with Gasteiger partial charge in [-0.2, -0.15) is 0 Å². The number of benzene rings is 3. The van der Waals surface area contributed by atoms with Gasteiger partial charge >= 0.3 is 51.4 Å². The number of carboxylic acids is 1. The summed E-state index contributed by atoms with van der Waals surface area (Å²) in [5, 5.41) is 20.3. The molecular weight excluding hydrogens is 546 g/mol. The number of carbonyl (C=O) groups excluding carboxylic acids is 1. The molecule has 0 fully saturated rings. The maximum Gasteiger partial charge on any atom is 1.00 e. The third kappa shape index (κ3) is 7.03. The van der Waals surface area contributed by atoms with Gasteiger partial charge < -0.3 is 24.9 Å². The Balaban J connectivity index is 0.00000336. The Labute approximate surface area is 273 Å². The fraction of sp³-hybridized carbons (Fsp3) is 0.185. The van der Waals surface area contributed by atoms with Crippen LogP contribution in [0.25, 0.3) is 5.69 Å². The van der Waals surface area contributed by atoms with E-state index < -0.39 is 5.97 Å². The van der Waals surface area contributed by atoms with E-state index in [0.29, 0.717) is 28.3 Å². The van der Waals surface area contributed by atoms with Crippen LogP contribution in [-0.2, 0) is 17.8 Å². The molecule has 0 bridgehead atoms. The minimum Gasteiger partial charge on any atom is -0.550 e. The van der Waals surface area contributed by atoms with E-state index in [1.54, 1.807) is 4.57 Å². The number of rotatable bonds is 9. The number of H-pyrrole nitrogens is 2. The molecule has 38 heavy (non-hydrogen) atoms. The summed E-state index contributed by atoms with van der Waals surface area (Å²) >= 11 is 10.6. The molecule has 3 N–H and O–H groups in total. The van der Waals surface area contributed by atoms with Crippen LogP contribution in [0.1, 0.15) is 17.5 Å². The Hall–Kier alpha value is -2.25. The zero-order valence-corrected chi connectivity index (χ0v) is 25.6. The first-order chi connectivity index (χ1) is 18.0. The van der Waals surface area contributed by atoms with Crippen molar-refractivity contribution < 1.29 is 66.0 Å². The fourth-order valence-corrected chi connectivity index (χ4v) is 5.08. The van der Waals surface area contributed by atoms with E-state index in [4.69, 9.17) is 29.2 Å². The first-order valence-electron chi connectivity index (χ1n) is 11.8. The molecule has 11 heteroatoms. The van der Waals surface area contributed by atoms with E-state index >= 15 is 0 Å². The van der Waals surface area contributed by atoms with Crippen molar-refractivity contribution >= 4 is 41.8 Å². The van der Waals surface area contributed by atoms with Crippen molar-refractivity contribution in [2.75, 3.05) is 16.9 Å². The van der Waals surface area contributed by atoms with Crippen LogP contribution < -0.4 is 71.4 Å². The Kier molecular flexibility index (Phi) is 9.99. The van der Waals surface area contributed by atoms with Crippen molar-refractivity contribution in [3.05, 3.63) is 100 Å². The van der Waals surface area contributed by atoms with Crippen LogP contribution in [0, 0.1) is 22.0 Å². The van der Waals surface area contributed by atoms with Gasteiger partial charge in [-0.3, -0.25) is 14.8 Å². The molecule has 0 saturated carbocycles. The number of anilines is 2. The fourth-order valence-electron chi connectivity index (χ4n) is 4.53. The first kappa shape index (κ1) is 28.7. The normalized spacial score (nSPS) is 14.3. The summed E-state index contributed by atoms with van der Waals surface area (Å²) < 4.78 is 8.71. The number of aromatic amines is 2. The minimum atomic E-state index is -1.05. The van der Waals surface area contributed by atoms with Crippen LogP contribution in [0.15, 0.2) is 72.8 Å². The number of aliphatic carboxylic acids is 1. The summed E-state index contributed by atoms with van der Waals surface area (Å²) in [6, 6.07) is 23.7. The van der Waals surface area contributed by atoms with E-state index in [0.717, 1.165) is 28.2 Å². The smallest absolute Gasteiger partial charge is 0.550 e.